The normalized spacial score (nSPS) is 10.5. The Morgan fingerprint density at radius 2 is 1.65 bits per heavy atom. The Balaban J connectivity index is 1.62. The quantitative estimate of drug-likeness (QED) is 0.315. The lowest BCUT2D eigenvalue weighted by Gasteiger charge is -2.14. The van der Waals surface area contributed by atoms with Crippen molar-refractivity contribution in [2.24, 2.45) is 5.92 Å². The first-order valence-corrected chi connectivity index (χ1v) is 12.0. The average Bonchev–Trinajstić information content (AvgIpc) is 2.80. The number of thiocarbonyl (C=S) groups is 1. The van der Waals surface area contributed by atoms with Crippen molar-refractivity contribution in [3.8, 4) is 5.75 Å². The highest BCUT2D eigenvalue weighted by Gasteiger charge is 2.15. The predicted octanol–water partition coefficient (Wildman–Crippen LogP) is 5.79. The van der Waals surface area contributed by atoms with Gasteiger partial charge in [-0.3, -0.25) is 14.9 Å². The monoisotopic (exact) mass is 539 g/mol. The summed E-state index contributed by atoms with van der Waals surface area (Å²) >= 11 is 8.74. The van der Waals surface area contributed by atoms with Crippen molar-refractivity contribution in [1.82, 2.24) is 5.32 Å². The summed E-state index contributed by atoms with van der Waals surface area (Å²) in [6, 6.07) is 22.4. The van der Waals surface area contributed by atoms with Gasteiger partial charge in [0.2, 0.25) is 5.91 Å². The average molecular weight is 540 g/mol. The first-order chi connectivity index (χ1) is 16.3. The number of rotatable bonds is 8. The van der Waals surface area contributed by atoms with Crippen LogP contribution in [0.15, 0.2) is 77.3 Å². The third-order valence-electron chi connectivity index (χ3n) is 4.82. The van der Waals surface area contributed by atoms with E-state index in [-0.39, 0.29) is 16.9 Å². The van der Waals surface area contributed by atoms with Gasteiger partial charge < -0.3 is 15.4 Å². The number of amides is 2. The maximum atomic E-state index is 12.9. The van der Waals surface area contributed by atoms with Crippen LogP contribution in [0.4, 0.5) is 11.4 Å². The Hall–Kier alpha value is -3.23. The molecule has 3 aromatic rings. The molecule has 2 amide bonds. The van der Waals surface area contributed by atoms with Crippen molar-refractivity contribution in [2.45, 2.75) is 20.3 Å². The van der Waals surface area contributed by atoms with Gasteiger partial charge in [-0.2, -0.15) is 0 Å². The maximum absolute atomic E-state index is 12.9. The van der Waals surface area contributed by atoms with Crippen LogP contribution in [0.3, 0.4) is 0 Å². The zero-order valence-electron chi connectivity index (χ0n) is 18.9. The van der Waals surface area contributed by atoms with Gasteiger partial charge in [-0.25, -0.2) is 0 Å². The number of halogens is 1. The van der Waals surface area contributed by atoms with Crippen LogP contribution in [0.25, 0.3) is 0 Å². The molecule has 0 saturated heterocycles. The van der Waals surface area contributed by atoms with Gasteiger partial charge in [0.25, 0.3) is 5.91 Å². The smallest absolute Gasteiger partial charge is 0.261 e. The standard InChI is InChI=1S/C26H26BrN3O3S/c1-17(2)24(31)28-20-9-6-10-21(16-20)29-26(34)30-25(32)22-15-19(27)11-12-23(22)33-14-13-18-7-4-3-5-8-18/h3-12,15-17H,13-14H2,1-2H3,(H,28,31)(H2,29,30,32,34). The molecule has 3 N–H and O–H groups in total. The summed E-state index contributed by atoms with van der Waals surface area (Å²) in [4.78, 5) is 24.9. The Morgan fingerprint density at radius 1 is 0.941 bits per heavy atom. The van der Waals surface area contributed by atoms with Crippen LogP contribution < -0.4 is 20.7 Å². The molecule has 0 fully saturated rings. The van der Waals surface area contributed by atoms with Crippen LogP contribution >= 0.6 is 28.1 Å². The van der Waals surface area contributed by atoms with E-state index in [0.29, 0.717) is 29.3 Å². The number of hydrogen-bond donors (Lipinski definition) is 3. The van der Waals surface area contributed by atoms with Crippen molar-refractivity contribution in [2.75, 3.05) is 17.2 Å². The molecule has 0 spiro atoms. The van der Waals surface area contributed by atoms with Gasteiger partial charge in [0.15, 0.2) is 5.11 Å². The SMILES string of the molecule is CC(C)C(=O)Nc1cccc(NC(=S)NC(=O)c2cc(Br)ccc2OCCc2ccccc2)c1. The molecule has 0 bridgehead atoms. The topological polar surface area (TPSA) is 79.5 Å². The van der Waals surface area contributed by atoms with E-state index in [0.717, 1.165) is 16.5 Å². The Morgan fingerprint density at radius 3 is 2.35 bits per heavy atom. The summed E-state index contributed by atoms with van der Waals surface area (Å²) in [6.07, 6.45) is 0.724. The fourth-order valence-electron chi connectivity index (χ4n) is 3.02. The predicted molar refractivity (Wildman–Crippen MR) is 143 cm³/mol. The van der Waals surface area contributed by atoms with Crippen LogP contribution in [0, 0.1) is 5.92 Å². The minimum Gasteiger partial charge on any atom is -0.492 e. The van der Waals surface area contributed by atoms with Crippen LogP contribution in [0.1, 0.15) is 29.8 Å². The zero-order chi connectivity index (χ0) is 24.5. The van der Waals surface area contributed by atoms with Gasteiger partial charge in [-0.15, -0.1) is 0 Å². The number of carbonyl (C=O) groups excluding carboxylic acids is 2. The molecule has 0 saturated carbocycles. The highest BCUT2D eigenvalue weighted by atomic mass is 79.9. The first-order valence-electron chi connectivity index (χ1n) is 10.8. The molecule has 34 heavy (non-hydrogen) atoms. The van der Waals surface area contributed by atoms with Crippen LogP contribution in [0.2, 0.25) is 0 Å². The van der Waals surface area contributed by atoms with E-state index in [1.807, 2.05) is 50.2 Å². The van der Waals surface area contributed by atoms with Crippen molar-refractivity contribution < 1.29 is 14.3 Å². The Kier molecular flexibility index (Phi) is 9.18. The molecule has 0 aliphatic heterocycles. The fourth-order valence-corrected chi connectivity index (χ4v) is 3.59. The lowest BCUT2D eigenvalue weighted by Crippen LogP contribution is -2.34. The third-order valence-corrected chi connectivity index (χ3v) is 5.51. The summed E-state index contributed by atoms with van der Waals surface area (Å²) in [6.45, 7) is 4.08. The Labute approximate surface area is 213 Å². The van der Waals surface area contributed by atoms with Gasteiger partial charge in [-0.1, -0.05) is 66.2 Å². The van der Waals surface area contributed by atoms with E-state index < -0.39 is 5.91 Å². The minimum atomic E-state index is -0.391. The van der Waals surface area contributed by atoms with Crippen LogP contribution in [-0.4, -0.2) is 23.5 Å². The lowest BCUT2D eigenvalue weighted by atomic mass is 10.1. The van der Waals surface area contributed by atoms with E-state index in [1.54, 1.807) is 36.4 Å². The van der Waals surface area contributed by atoms with E-state index >= 15 is 0 Å². The molecule has 3 aromatic carbocycles. The summed E-state index contributed by atoms with van der Waals surface area (Å²) in [5.74, 6) is -0.135. The molecule has 8 heteroatoms. The molecule has 0 heterocycles. The third kappa shape index (κ3) is 7.67. The molecule has 0 aliphatic carbocycles. The van der Waals surface area contributed by atoms with Gasteiger partial charge >= 0.3 is 0 Å². The lowest BCUT2D eigenvalue weighted by molar-refractivity contribution is -0.118. The second kappa shape index (κ2) is 12.3. The summed E-state index contributed by atoms with van der Waals surface area (Å²) in [5.41, 5.74) is 2.80. The first kappa shape index (κ1) is 25.4. The number of nitrogens with one attached hydrogen (secondary N) is 3. The van der Waals surface area contributed by atoms with Gasteiger partial charge in [-0.05, 0) is 54.2 Å². The molecule has 0 atom stereocenters. The molecule has 176 valence electrons. The van der Waals surface area contributed by atoms with Crippen LogP contribution in [0.5, 0.6) is 5.75 Å². The minimum absolute atomic E-state index is 0.0810. The van der Waals surface area contributed by atoms with E-state index in [4.69, 9.17) is 17.0 Å². The number of ether oxygens (including phenoxy) is 1. The second-order valence-electron chi connectivity index (χ2n) is 7.86. The molecule has 0 radical (unpaired) electrons. The second-order valence-corrected chi connectivity index (χ2v) is 9.18. The van der Waals surface area contributed by atoms with E-state index in [9.17, 15) is 9.59 Å². The molecule has 6 nitrogen and oxygen atoms in total. The molecular weight excluding hydrogens is 514 g/mol. The van der Waals surface area contributed by atoms with Gasteiger partial charge in [0, 0.05) is 28.2 Å². The number of carbonyl (C=O) groups is 2. The van der Waals surface area contributed by atoms with E-state index in [2.05, 4.69) is 31.9 Å². The fraction of sp³-hybridized carbons (Fsp3) is 0.192. The summed E-state index contributed by atoms with van der Waals surface area (Å²) < 4.78 is 6.65. The maximum Gasteiger partial charge on any atom is 0.261 e. The number of anilines is 2. The van der Waals surface area contributed by atoms with Crippen LogP contribution in [-0.2, 0) is 11.2 Å². The van der Waals surface area contributed by atoms with E-state index in [1.165, 1.54) is 0 Å². The highest BCUT2D eigenvalue weighted by molar-refractivity contribution is 9.10. The number of hydrogen-bond acceptors (Lipinski definition) is 4. The zero-order valence-corrected chi connectivity index (χ0v) is 21.3. The largest absolute Gasteiger partial charge is 0.492 e. The molecule has 0 unspecified atom stereocenters. The van der Waals surface area contributed by atoms with Crippen molar-refractivity contribution >= 4 is 56.4 Å². The Bertz CT molecular complexity index is 1170. The van der Waals surface area contributed by atoms with Crippen molar-refractivity contribution in [3.05, 3.63) is 88.4 Å². The van der Waals surface area contributed by atoms with Crippen molar-refractivity contribution in [3.63, 3.8) is 0 Å². The number of benzene rings is 3. The summed E-state index contributed by atoms with van der Waals surface area (Å²) in [7, 11) is 0. The van der Waals surface area contributed by atoms with Gasteiger partial charge in [0.05, 0.1) is 12.2 Å². The molecule has 3 rings (SSSR count). The molecular formula is C26H26BrN3O3S. The highest BCUT2D eigenvalue weighted by Crippen LogP contribution is 2.24. The van der Waals surface area contributed by atoms with Gasteiger partial charge in [0.1, 0.15) is 5.75 Å². The summed E-state index contributed by atoms with van der Waals surface area (Å²) in [5, 5.41) is 8.64. The van der Waals surface area contributed by atoms with Crippen molar-refractivity contribution in [1.29, 1.82) is 0 Å². The molecule has 0 aliphatic rings. The molecule has 0 aromatic heterocycles.